The maximum absolute atomic E-state index is 11.4. The molecule has 1 aliphatic rings. The third kappa shape index (κ3) is 2.92. The van der Waals surface area contributed by atoms with Crippen LogP contribution >= 0.6 is 23.2 Å². The predicted molar refractivity (Wildman–Crippen MR) is 68.7 cm³/mol. The van der Waals surface area contributed by atoms with Gasteiger partial charge in [0.1, 0.15) is 5.37 Å². The maximum Gasteiger partial charge on any atom is 0.164 e. The van der Waals surface area contributed by atoms with E-state index in [1.54, 1.807) is 12.1 Å². The lowest BCUT2D eigenvalue weighted by Gasteiger charge is -2.10. The molecule has 1 aromatic carbocycles. The minimum absolute atomic E-state index is 0.0792. The summed E-state index contributed by atoms with van der Waals surface area (Å²) in [6.45, 7) is 0. The molecule has 1 heterocycles. The average Bonchev–Trinajstić information content (AvgIpc) is 2.70. The molecule has 17 heavy (non-hydrogen) atoms. The van der Waals surface area contributed by atoms with Crippen molar-refractivity contribution in [2.75, 3.05) is 6.26 Å². The Morgan fingerprint density at radius 2 is 1.94 bits per heavy atom. The van der Waals surface area contributed by atoms with Crippen molar-refractivity contribution < 1.29 is 8.42 Å². The number of nitrogens with one attached hydrogen (secondary N) is 2. The largest absolute Gasteiger partial charge is 0.249 e. The number of halogens is 2. The van der Waals surface area contributed by atoms with Crippen molar-refractivity contribution in [3.8, 4) is 0 Å². The molecule has 94 valence electrons. The molecule has 1 fully saturated rings. The van der Waals surface area contributed by atoms with Crippen LogP contribution in [0.5, 0.6) is 0 Å². The van der Waals surface area contributed by atoms with Crippen LogP contribution in [0.4, 0.5) is 0 Å². The molecule has 2 atom stereocenters. The Labute approximate surface area is 110 Å². The first-order chi connectivity index (χ1) is 7.88. The van der Waals surface area contributed by atoms with E-state index in [1.807, 2.05) is 6.07 Å². The highest BCUT2D eigenvalue weighted by molar-refractivity contribution is 7.91. The topological polar surface area (TPSA) is 58.2 Å². The highest BCUT2D eigenvalue weighted by Crippen LogP contribution is 2.29. The molecule has 1 aromatic rings. The minimum Gasteiger partial charge on any atom is -0.249 e. The van der Waals surface area contributed by atoms with Crippen LogP contribution < -0.4 is 10.9 Å². The van der Waals surface area contributed by atoms with Crippen molar-refractivity contribution in [2.24, 2.45) is 0 Å². The van der Waals surface area contributed by atoms with Gasteiger partial charge in [0.15, 0.2) is 9.84 Å². The van der Waals surface area contributed by atoms with Crippen molar-refractivity contribution in [2.45, 2.75) is 17.8 Å². The standard InChI is InChI=1S/C10H12Cl2N2O2S/c1-17(15,16)10-5-9(13-14-10)6-2-3-7(11)8(12)4-6/h2-4,9-10,13-14H,5H2,1H3. The van der Waals surface area contributed by atoms with Crippen LogP contribution in [0, 0.1) is 0 Å². The molecule has 0 bridgehead atoms. The molecule has 0 aromatic heterocycles. The zero-order valence-electron chi connectivity index (χ0n) is 9.07. The van der Waals surface area contributed by atoms with Crippen molar-refractivity contribution in [1.29, 1.82) is 0 Å². The van der Waals surface area contributed by atoms with E-state index in [4.69, 9.17) is 23.2 Å². The molecule has 0 aliphatic carbocycles. The van der Waals surface area contributed by atoms with Crippen molar-refractivity contribution in [3.63, 3.8) is 0 Å². The van der Waals surface area contributed by atoms with Gasteiger partial charge in [-0.05, 0) is 24.1 Å². The third-order valence-corrected chi connectivity index (χ3v) is 4.81. The average molecular weight is 295 g/mol. The van der Waals surface area contributed by atoms with E-state index in [0.29, 0.717) is 16.5 Å². The van der Waals surface area contributed by atoms with Crippen LogP contribution in [0.15, 0.2) is 18.2 Å². The van der Waals surface area contributed by atoms with Crippen LogP contribution in [0.25, 0.3) is 0 Å². The highest BCUT2D eigenvalue weighted by Gasteiger charge is 2.31. The van der Waals surface area contributed by atoms with E-state index in [9.17, 15) is 8.42 Å². The number of hydrogen-bond acceptors (Lipinski definition) is 4. The molecule has 7 heteroatoms. The summed E-state index contributed by atoms with van der Waals surface area (Å²) in [5.41, 5.74) is 6.63. The normalized spacial score (nSPS) is 25.1. The molecule has 2 rings (SSSR count). The lowest BCUT2D eigenvalue weighted by molar-refractivity contribution is 0.557. The molecular formula is C10H12Cl2N2O2S. The van der Waals surface area contributed by atoms with Crippen LogP contribution in [0.1, 0.15) is 18.0 Å². The second-order valence-corrected chi connectivity index (χ2v) is 7.11. The lowest BCUT2D eigenvalue weighted by atomic mass is 10.1. The molecule has 0 radical (unpaired) electrons. The molecule has 0 saturated carbocycles. The van der Waals surface area contributed by atoms with E-state index in [0.717, 1.165) is 5.56 Å². The van der Waals surface area contributed by atoms with Gasteiger partial charge in [-0.15, -0.1) is 0 Å². The first-order valence-electron chi connectivity index (χ1n) is 5.03. The number of hydrazine groups is 1. The van der Waals surface area contributed by atoms with Gasteiger partial charge in [0, 0.05) is 12.3 Å². The highest BCUT2D eigenvalue weighted by atomic mass is 35.5. The minimum atomic E-state index is -3.09. The van der Waals surface area contributed by atoms with Gasteiger partial charge in [-0.3, -0.25) is 0 Å². The second kappa shape index (κ2) is 4.74. The Balaban J connectivity index is 2.18. The zero-order chi connectivity index (χ0) is 12.6. The monoisotopic (exact) mass is 294 g/mol. The van der Waals surface area contributed by atoms with Gasteiger partial charge in [0.2, 0.25) is 0 Å². The van der Waals surface area contributed by atoms with E-state index in [-0.39, 0.29) is 6.04 Å². The second-order valence-electron chi connectivity index (χ2n) is 4.07. The number of rotatable bonds is 2. The quantitative estimate of drug-likeness (QED) is 0.875. The molecule has 0 amide bonds. The number of sulfone groups is 1. The molecule has 2 unspecified atom stereocenters. The first-order valence-corrected chi connectivity index (χ1v) is 7.74. The summed E-state index contributed by atoms with van der Waals surface area (Å²) in [6, 6.07) is 5.20. The van der Waals surface area contributed by atoms with Crippen LogP contribution in [-0.4, -0.2) is 20.0 Å². The summed E-state index contributed by atoms with van der Waals surface area (Å²) in [5.74, 6) is 0. The fraction of sp³-hybridized carbons (Fsp3) is 0.400. The van der Waals surface area contributed by atoms with Crippen molar-refractivity contribution in [1.82, 2.24) is 10.9 Å². The van der Waals surface area contributed by atoms with Gasteiger partial charge >= 0.3 is 0 Å². The van der Waals surface area contributed by atoms with Gasteiger partial charge in [-0.2, -0.15) is 0 Å². The van der Waals surface area contributed by atoms with Crippen LogP contribution in [-0.2, 0) is 9.84 Å². The van der Waals surface area contributed by atoms with E-state index < -0.39 is 15.2 Å². The SMILES string of the molecule is CS(=O)(=O)C1CC(c2ccc(Cl)c(Cl)c2)NN1. The van der Waals surface area contributed by atoms with Gasteiger partial charge in [0.05, 0.1) is 10.0 Å². The van der Waals surface area contributed by atoms with Crippen molar-refractivity contribution in [3.05, 3.63) is 33.8 Å². The lowest BCUT2D eigenvalue weighted by Crippen LogP contribution is -2.35. The number of hydrogen-bond donors (Lipinski definition) is 2. The Hall–Kier alpha value is -0.330. The van der Waals surface area contributed by atoms with Crippen molar-refractivity contribution >= 4 is 33.0 Å². The van der Waals surface area contributed by atoms with Gasteiger partial charge in [-0.1, -0.05) is 29.3 Å². The Morgan fingerprint density at radius 1 is 1.24 bits per heavy atom. The van der Waals surface area contributed by atoms with Gasteiger partial charge in [-0.25, -0.2) is 19.3 Å². The third-order valence-electron chi connectivity index (χ3n) is 2.73. The van der Waals surface area contributed by atoms with E-state index in [1.165, 1.54) is 6.26 Å². The molecule has 2 N–H and O–H groups in total. The molecule has 1 aliphatic heterocycles. The molecular weight excluding hydrogens is 283 g/mol. The summed E-state index contributed by atoms with van der Waals surface area (Å²) in [6.07, 6.45) is 1.68. The van der Waals surface area contributed by atoms with Crippen LogP contribution in [0.3, 0.4) is 0 Å². The fourth-order valence-corrected chi connectivity index (χ4v) is 2.89. The summed E-state index contributed by atoms with van der Waals surface area (Å²) < 4.78 is 22.8. The fourth-order valence-electron chi connectivity index (χ4n) is 1.76. The maximum atomic E-state index is 11.4. The Bertz CT molecular complexity index is 533. The Kier molecular flexibility index (Phi) is 3.66. The summed E-state index contributed by atoms with van der Waals surface area (Å²) in [7, 11) is -3.09. The van der Waals surface area contributed by atoms with E-state index >= 15 is 0 Å². The van der Waals surface area contributed by atoms with Gasteiger partial charge < -0.3 is 0 Å². The summed E-state index contributed by atoms with van der Waals surface area (Å²) in [4.78, 5) is 0. The molecule has 0 spiro atoms. The smallest absolute Gasteiger partial charge is 0.164 e. The molecule has 1 saturated heterocycles. The van der Waals surface area contributed by atoms with E-state index in [2.05, 4.69) is 10.9 Å². The summed E-state index contributed by atoms with van der Waals surface area (Å²) in [5, 5.41) is 0.386. The Morgan fingerprint density at radius 3 is 2.47 bits per heavy atom. The zero-order valence-corrected chi connectivity index (χ0v) is 11.4. The van der Waals surface area contributed by atoms with Crippen LogP contribution in [0.2, 0.25) is 10.0 Å². The number of benzene rings is 1. The first kappa shape index (κ1) is 13.1. The predicted octanol–water partition coefficient (Wildman–Crippen LogP) is 1.90. The summed E-state index contributed by atoms with van der Waals surface area (Å²) >= 11 is 11.7. The molecule has 4 nitrogen and oxygen atoms in total. The van der Waals surface area contributed by atoms with Gasteiger partial charge in [0.25, 0.3) is 0 Å².